The summed E-state index contributed by atoms with van der Waals surface area (Å²) in [6.07, 6.45) is 0.839. The number of carbonyl (C=O) groups is 1. The highest BCUT2D eigenvalue weighted by atomic mass is 16.5. The summed E-state index contributed by atoms with van der Waals surface area (Å²) < 4.78 is 5.21. The molecule has 0 spiro atoms. The van der Waals surface area contributed by atoms with Gasteiger partial charge in [0.05, 0.1) is 7.11 Å². The standard InChI is InChI=1S/C11H15NO2/c1-8(12-2)10-6-9(7-13)4-5-11(10)14-3/h4-8,12H,1-3H3. The van der Waals surface area contributed by atoms with Gasteiger partial charge >= 0.3 is 0 Å². The third-order valence-corrected chi connectivity index (χ3v) is 2.29. The molecular weight excluding hydrogens is 178 g/mol. The van der Waals surface area contributed by atoms with Crippen LogP contribution in [0.4, 0.5) is 0 Å². The van der Waals surface area contributed by atoms with Crippen LogP contribution in [0.25, 0.3) is 0 Å². The van der Waals surface area contributed by atoms with E-state index in [0.717, 1.165) is 17.6 Å². The maximum Gasteiger partial charge on any atom is 0.150 e. The monoisotopic (exact) mass is 193 g/mol. The molecule has 0 aromatic heterocycles. The molecular formula is C11H15NO2. The van der Waals surface area contributed by atoms with E-state index in [9.17, 15) is 4.79 Å². The Morgan fingerprint density at radius 3 is 2.71 bits per heavy atom. The van der Waals surface area contributed by atoms with Crippen molar-refractivity contribution in [2.24, 2.45) is 0 Å². The van der Waals surface area contributed by atoms with Crippen LogP contribution in [0, 0.1) is 0 Å². The largest absolute Gasteiger partial charge is 0.496 e. The second kappa shape index (κ2) is 4.77. The Morgan fingerprint density at radius 1 is 1.50 bits per heavy atom. The number of benzene rings is 1. The van der Waals surface area contributed by atoms with Crippen LogP contribution in [0.15, 0.2) is 18.2 Å². The Labute approximate surface area is 84.1 Å². The molecule has 1 rings (SSSR count). The van der Waals surface area contributed by atoms with Crippen molar-refractivity contribution in [3.05, 3.63) is 29.3 Å². The van der Waals surface area contributed by atoms with E-state index >= 15 is 0 Å². The van der Waals surface area contributed by atoms with Crippen molar-refractivity contribution < 1.29 is 9.53 Å². The Hall–Kier alpha value is -1.35. The number of nitrogens with one attached hydrogen (secondary N) is 1. The lowest BCUT2D eigenvalue weighted by atomic mass is 10.0. The van der Waals surface area contributed by atoms with E-state index in [1.54, 1.807) is 13.2 Å². The van der Waals surface area contributed by atoms with Gasteiger partial charge in [0.2, 0.25) is 0 Å². The van der Waals surface area contributed by atoms with Gasteiger partial charge in [0.15, 0.2) is 0 Å². The number of rotatable bonds is 4. The van der Waals surface area contributed by atoms with Crippen LogP contribution in [0.1, 0.15) is 28.9 Å². The topological polar surface area (TPSA) is 38.3 Å². The molecule has 0 fully saturated rings. The first-order chi connectivity index (χ1) is 6.72. The zero-order valence-corrected chi connectivity index (χ0v) is 8.70. The number of carbonyl (C=O) groups excluding carboxylic acids is 1. The second-order valence-electron chi connectivity index (χ2n) is 3.13. The molecule has 1 N–H and O–H groups in total. The lowest BCUT2D eigenvalue weighted by Gasteiger charge is -2.15. The summed E-state index contributed by atoms with van der Waals surface area (Å²) in [6.45, 7) is 2.02. The van der Waals surface area contributed by atoms with Crippen molar-refractivity contribution in [2.75, 3.05) is 14.2 Å². The highest BCUT2D eigenvalue weighted by Crippen LogP contribution is 2.25. The van der Waals surface area contributed by atoms with E-state index in [4.69, 9.17) is 4.74 Å². The fraction of sp³-hybridized carbons (Fsp3) is 0.364. The fourth-order valence-electron chi connectivity index (χ4n) is 1.32. The van der Waals surface area contributed by atoms with Crippen molar-refractivity contribution in [3.8, 4) is 5.75 Å². The number of aldehydes is 1. The van der Waals surface area contributed by atoms with Gasteiger partial charge in [0.1, 0.15) is 12.0 Å². The second-order valence-corrected chi connectivity index (χ2v) is 3.13. The molecule has 0 radical (unpaired) electrons. The van der Waals surface area contributed by atoms with E-state index in [1.165, 1.54) is 0 Å². The molecule has 0 saturated carbocycles. The van der Waals surface area contributed by atoms with Crippen LogP contribution >= 0.6 is 0 Å². The normalized spacial score (nSPS) is 12.2. The summed E-state index contributed by atoms with van der Waals surface area (Å²) in [5.74, 6) is 0.803. The van der Waals surface area contributed by atoms with Gasteiger partial charge in [-0.25, -0.2) is 0 Å². The zero-order valence-electron chi connectivity index (χ0n) is 8.70. The number of methoxy groups -OCH3 is 1. The summed E-state index contributed by atoms with van der Waals surface area (Å²) in [7, 11) is 3.50. The fourth-order valence-corrected chi connectivity index (χ4v) is 1.32. The minimum Gasteiger partial charge on any atom is -0.496 e. The predicted octanol–water partition coefficient (Wildman–Crippen LogP) is 1.79. The van der Waals surface area contributed by atoms with Crippen LogP contribution in [0.3, 0.4) is 0 Å². The molecule has 76 valence electrons. The minimum atomic E-state index is 0.171. The van der Waals surface area contributed by atoms with Crippen LogP contribution < -0.4 is 10.1 Å². The smallest absolute Gasteiger partial charge is 0.150 e. The Bertz CT molecular complexity index is 323. The van der Waals surface area contributed by atoms with Gasteiger partial charge in [0, 0.05) is 17.2 Å². The zero-order chi connectivity index (χ0) is 10.6. The minimum absolute atomic E-state index is 0.171. The van der Waals surface area contributed by atoms with Gasteiger partial charge in [0.25, 0.3) is 0 Å². The van der Waals surface area contributed by atoms with Gasteiger partial charge < -0.3 is 10.1 Å². The molecule has 3 nitrogen and oxygen atoms in total. The SMILES string of the molecule is CNC(C)c1cc(C=O)ccc1OC. The molecule has 1 unspecified atom stereocenters. The lowest BCUT2D eigenvalue weighted by molar-refractivity contribution is 0.112. The van der Waals surface area contributed by atoms with Crippen molar-refractivity contribution in [1.82, 2.24) is 5.32 Å². The molecule has 0 bridgehead atoms. The molecule has 1 aromatic carbocycles. The van der Waals surface area contributed by atoms with E-state index in [1.807, 2.05) is 26.1 Å². The van der Waals surface area contributed by atoms with E-state index in [2.05, 4.69) is 5.32 Å². The third-order valence-electron chi connectivity index (χ3n) is 2.29. The highest BCUT2D eigenvalue weighted by molar-refractivity contribution is 5.75. The molecule has 3 heteroatoms. The molecule has 1 atom stereocenters. The molecule has 0 aliphatic rings. The van der Waals surface area contributed by atoms with Crippen LogP contribution in [-0.4, -0.2) is 20.4 Å². The quantitative estimate of drug-likeness (QED) is 0.741. The number of hydrogen-bond donors (Lipinski definition) is 1. The van der Waals surface area contributed by atoms with Gasteiger partial charge in [-0.05, 0) is 32.2 Å². The maximum atomic E-state index is 10.6. The summed E-state index contributed by atoms with van der Waals surface area (Å²) in [5, 5.41) is 3.11. The lowest BCUT2D eigenvalue weighted by Crippen LogP contribution is -2.13. The summed E-state index contributed by atoms with van der Waals surface area (Å²) in [4.78, 5) is 10.6. The number of ether oxygens (including phenoxy) is 1. The van der Waals surface area contributed by atoms with Crippen molar-refractivity contribution in [2.45, 2.75) is 13.0 Å². The van der Waals surface area contributed by atoms with E-state index in [-0.39, 0.29) is 6.04 Å². The van der Waals surface area contributed by atoms with Crippen LogP contribution in [0.5, 0.6) is 5.75 Å². The van der Waals surface area contributed by atoms with Gasteiger partial charge in [-0.2, -0.15) is 0 Å². The molecule has 0 aliphatic heterocycles. The third kappa shape index (κ3) is 2.12. The van der Waals surface area contributed by atoms with Crippen LogP contribution in [-0.2, 0) is 0 Å². The van der Waals surface area contributed by atoms with Gasteiger partial charge in [-0.1, -0.05) is 0 Å². The number of hydrogen-bond acceptors (Lipinski definition) is 3. The maximum absolute atomic E-state index is 10.6. The van der Waals surface area contributed by atoms with Gasteiger partial charge in [-0.15, -0.1) is 0 Å². The van der Waals surface area contributed by atoms with E-state index in [0.29, 0.717) is 5.56 Å². The van der Waals surface area contributed by atoms with Crippen molar-refractivity contribution >= 4 is 6.29 Å². The van der Waals surface area contributed by atoms with Crippen LogP contribution in [0.2, 0.25) is 0 Å². The summed E-state index contributed by atoms with van der Waals surface area (Å²) >= 11 is 0. The molecule has 14 heavy (non-hydrogen) atoms. The van der Waals surface area contributed by atoms with Crippen molar-refractivity contribution in [3.63, 3.8) is 0 Å². The predicted molar refractivity (Wildman–Crippen MR) is 55.9 cm³/mol. The molecule has 1 aromatic rings. The molecule has 0 amide bonds. The molecule has 0 aliphatic carbocycles. The first-order valence-electron chi connectivity index (χ1n) is 4.53. The van der Waals surface area contributed by atoms with Crippen molar-refractivity contribution in [1.29, 1.82) is 0 Å². The first kappa shape index (κ1) is 10.7. The first-order valence-corrected chi connectivity index (χ1v) is 4.53. The average Bonchev–Trinajstić information content (AvgIpc) is 2.27. The Kier molecular flexibility index (Phi) is 3.65. The average molecular weight is 193 g/mol. The Balaban J connectivity index is 3.14. The summed E-state index contributed by atoms with van der Waals surface area (Å²) in [6, 6.07) is 5.57. The molecule has 0 saturated heterocycles. The highest BCUT2D eigenvalue weighted by Gasteiger charge is 2.09. The summed E-state index contributed by atoms with van der Waals surface area (Å²) in [5.41, 5.74) is 1.67. The Morgan fingerprint density at radius 2 is 2.21 bits per heavy atom. The van der Waals surface area contributed by atoms with E-state index < -0.39 is 0 Å². The molecule has 0 heterocycles. The van der Waals surface area contributed by atoms with Gasteiger partial charge in [-0.3, -0.25) is 4.79 Å².